The molecule has 0 aliphatic carbocycles. The maximum Gasteiger partial charge on any atom is 0.244 e. The lowest BCUT2D eigenvalue weighted by molar-refractivity contribution is -0.138. The van der Waals surface area contributed by atoms with Crippen molar-refractivity contribution in [3.63, 3.8) is 0 Å². The summed E-state index contributed by atoms with van der Waals surface area (Å²) in [6.07, 6.45) is 6.73. The van der Waals surface area contributed by atoms with Crippen molar-refractivity contribution in [2.45, 2.75) is 31.8 Å². The molecule has 5 rings (SSSR count). The van der Waals surface area contributed by atoms with Crippen LogP contribution in [-0.4, -0.2) is 45.3 Å². The molecule has 144 valence electrons. The van der Waals surface area contributed by atoms with Crippen molar-refractivity contribution in [3.8, 4) is 0 Å². The van der Waals surface area contributed by atoms with E-state index in [9.17, 15) is 4.79 Å². The molecule has 0 bridgehead atoms. The highest BCUT2D eigenvalue weighted by molar-refractivity contribution is 6.31. The second kappa shape index (κ2) is 7.22. The van der Waals surface area contributed by atoms with Crippen LogP contribution >= 0.6 is 11.6 Å². The average Bonchev–Trinajstić information content (AvgIpc) is 3.36. The molecule has 0 saturated carbocycles. The predicted octanol–water partition coefficient (Wildman–Crippen LogP) is 3.94. The van der Waals surface area contributed by atoms with Gasteiger partial charge in [-0.1, -0.05) is 17.7 Å². The molecule has 3 aromatic rings. The fourth-order valence-electron chi connectivity index (χ4n) is 4.59. The third-order valence-electron chi connectivity index (χ3n) is 5.99. The number of nitrogens with zero attached hydrogens (tertiary/aromatic N) is 3. The van der Waals surface area contributed by atoms with Crippen molar-refractivity contribution in [2.75, 3.05) is 19.6 Å². The molecule has 0 radical (unpaired) electrons. The summed E-state index contributed by atoms with van der Waals surface area (Å²) in [6, 6.07) is 9.62. The fraction of sp³-hybridized carbons (Fsp3) is 0.364. The Morgan fingerprint density at radius 3 is 2.82 bits per heavy atom. The van der Waals surface area contributed by atoms with E-state index in [1.54, 1.807) is 6.20 Å². The Morgan fingerprint density at radius 2 is 2.04 bits per heavy atom. The maximum atomic E-state index is 13.6. The first kappa shape index (κ1) is 17.7. The van der Waals surface area contributed by atoms with Gasteiger partial charge in [0.25, 0.3) is 0 Å². The second-order valence-electron chi connectivity index (χ2n) is 7.71. The summed E-state index contributed by atoms with van der Waals surface area (Å²) in [4.78, 5) is 25.7. The Labute approximate surface area is 169 Å². The highest BCUT2D eigenvalue weighted by atomic mass is 35.5. The number of likely N-dealkylation sites (tertiary alicyclic amines) is 1. The number of fused-ring (bicyclic) bond motifs is 3. The number of hydrogen-bond donors (Lipinski definition) is 1. The van der Waals surface area contributed by atoms with Crippen LogP contribution in [0.2, 0.25) is 5.02 Å². The van der Waals surface area contributed by atoms with Crippen molar-refractivity contribution in [1.29, 1.82) is 0 Å². The summed E-state index contributed by atoms with van der Waals surface area (Å²) in [5, 5.41) is 1.85. The highest BCUT2D eigenvalue weighted by Gasteiger charge is 2.35. The first-order chi connectivity index (χ1) is 13.7. The summed E-state index contributed by atoms with van der Waals surface area (Å²) in [5.74, 6) is 0.178. The van der Waals surface area contributed by atoms with Gasteiger partial charge in [0.15, 0.2) is 0 Å². The van der Waals surface area contributed by atoms with Crippen molar-refractivity contribution in [1.82, 2.24) is 19.8 Å². The molecule has 1 N–H and O–H groups in total. The summed E-state index contributed by atoms with van der Waals surface area (Å²) in [5.41, 5.74) is 4.50. The van der Waals surface area contributed by atoms with Gasteiger partial charge in [0.2, 0.25) is 5.91 Å². The molecule has 6 heteroatoms. The first-order valence-corrected chi connectivity index (χ1v) is 10.3. The van der Waals surface area contributed by atoms with Crippen LogP contribution < -0.4 is 0 Å². The van der Waals surface area contributed by atoms with Crippen LogP contribution in [0.4, 0.5) is 0 Å². The molecule has 2 aromatic heterocycles. The van der Waals surface area contributed by atoms with E-state index in [1.807, 2.05) is 41.4 Å². The molecule has 2 aliphatic rings. The van der Waals surface area contributed by atoms with Gasteiger partial charge in [0.1, 0.15) is 6.04 Å². The number of carbonyl (C=O) groups is 1. The molecular formula is C22H23ClN4O. The zero-order valence-corrected chi connectivity index (χ0v) is 16.5. The van der Waals surface area contributed by atoms with Gasteiger partial charge in [-0.25, -0.2) is 0 Å². The van der Waals surface area contributed by atoms with Gasteiger partial charge in [-0.3, -0.25) is 14.7 Å². The molecular weight excluding hydrogens is 372 g/mol. The van der Waals surface area contributed by atoms with Crippen LogP contribution in [-0.2, 0) is 17.8 Å². The number of H-pyrrole nitrogens is 1. The lowest BCUT2D eigenvalue weighted by atomic mass is 10.0. The topological polar surface area (TPSA) is 52.2 Å². The predicted molar refractivity (Wildman–Crippen MR) is 110 cm³/mol. The minimum atomic E-state index is -0.244. The van der Waals surface area contributed by atoms with E-state index < -0.39 is 0 Å². The van der Waals surface area contributed by atoms with Crippen LogP contribution in [0.15, 0.2) is 42.7 Å². The largest absolute Gasteiger partial charge is 0.358 e. The summed E-state index contributed by atoms with van der Waals surface area (Å²) >= 11 is 6.23. The molecule has 1 atom stereocenters. The van der Waals surface area contributed by atoms with E-state index in [-0.39, 0.29) is 11.9 Å². The highest BCUT2D eigenvalue weighted by Crippen LogP contribution is 2.33. The number of aromatic amines is 1. The van der Waals surface area contributed by atoms with Gasteiger partial charge in [-0.2, -0.15) is 0 Å². The van der Waals surface area contributed by atoms with Crippen LogP contribution in [0.1, 0.15) is 35.7 Å². The van der Waals surface area contributed by atoms with Crippen molar-refractivity contribution in [2.24, 2.45) is 0 Å². The van der Waals surface area contributed by atoms with Crippen molar-refractivity contribution >= 4 is 28.4 Å². The molecule has 1 amide bonds. The van der Waals surface area contributed by atoms with Crippen LogP contribution in [0, 0.1) is 0 Å². The number of nitrogens with one attached hydrogen (secondary N) is 1. The number of amides is 1. The molecule has 0 spiro atoms. The number of benzene rings is 1. The normalized spacial score (nSPS) is 18.4. The van der Waals surface area contributed by atoms with E-state index in [1.165, 1.54) is 11.3 Å². The van der Waals surface area contributed by atoms with E-state index >= 15 is 0 Å². The Hall–Kier alpha value is -2.37. The van der Waals surface area contributed by atoms with Crippen LogP contribution in [0.3, 0.4) is 0 Å². The van der Waals surface area contributed by atoms with Gasteiger partial charge < -0.3 is 9.88 Å². The van der Waals surface area contributed by atoms with Gasteiger partial charge in [-0.05, 0) is 55.8 Å². The monoisotopic (exact) mass is 394 g/mol. The number of hydrogen-bond acceptors (Lipinski definition) is 3. The van der Waals surface area contributed by atoms with E-state index in [0.29, 0.717) is 6.54 Å². The standard InChI is InChI=1S/C22H23ClN4O/c23-16-5-6-19-17(12-16)18-14-27(11-7-20(18)25-19)22(28)21(26-9-1-2-10-26)15-4-3-8-24-13-15/h3-6,8,12-13,21,25H,1-2,7,9-11,14H2. The molecule has 2 aliphatic heterocycles. The first-order valence-electron chi connectivity index (χ1n) is 9.92. The average molecular weight is 395 g/mol. The number of halogens is 1. The Morgan fingerprint density at radius 1 is 1.18 bits per heavy atom. The quantitative estimate of drug-likeness (QED) is 0.732. The molecule has 1 unspecified atom stereocenters. The number of rotatable bonds is 3. The number of pyridine rings is 1. The molecule has 1 aromatic carbocycles. The summed E-state index contributed by atoms with van der Waals surface area (Å²) in [7, 11) is 0. The minimum Gasteiger partial charge on any atom is -0.358 e. The van der Waals surface area contributed by atoms with E-state index in [4.69, 9.17) is 11.6 Å². The third-order valence-corrected chi connectivity index (χ3v) is 6.22. The van der Waals surface area contributed by atoms with E-state index in [0.717, 1.165) is 60.4 Å². The lowest BCUT2D eigenvalue weighted by Gasteiger charge is -2.34. The van der Waals surface area contributed by atoms with Gasteiger partial charge in [0.05, 0.1) is 0 Å². The Kier molecular flexibility index (Phi) is 4.57. The SMILES string of the molecule is O=C(C(c1cccnc1)N1CCCC1)N1CCc2[nH]c3ccc(Cl)cc3c2C1. The Balaban J connectivity index is 1.47. The van der Waals surface area contributed by atoms with Gasteiger partial charge in [0, 0.05) is 59.1 Å². The molecule has 1 saturated heterocycles. The Bertz CT molecular complexity index is 1010. The maximum absolute atomic E-state index is 13.6. The third kappa shape index (κ3) is 3.09. The summed E-state index contributed by atoms with van der Waals surface area (Å²) < 4.78 is 0. The lowest BCUT2D eigenvalue weighted by Crippen LogP contribution is -2.44. The van der Waals surface area contributed by atoms with Crippen LogP contribution in [0.25, 0.3) is 10.9 Å². The van der Waals surface area contributed by atoms with Crippen molar-refractivity contribution in [3.05, 3.63) is 64.6 Å². The van der Waals surface area contributed by atoms with Gasteiger partial charge in [-0.15, -0.1) is 0 Å². The minimum absolute atomic E-state index is 0.178. The molecule has 28 heavy (non-hydrogen) atoms. The smallest absolute Gasteiger partial charge is 0.244 e. The van der Waals surface area contributed by atoms with Crippen LogP contribution in [0.5, 0.6) is 0 Å². The molecule has 5 nitrogen and oxygen atoms in total. The zero-order chi connectivity index (χ0) is 19.1. The number of carbonyl (C=O) groups excluding carboxylic acids is 1. The van der Waals surface area contributed by atoms with Gasteiger partial charge >= 0.3 is 0 Å². The number of aromatic nitrogens is 2. The summed E-state index contributed by atoms with van der Waals surface area (Å²) in [6.45, 7) is 3.29. The molecule has 1 fully saturated rings. The zero-order valence-electron chi connectivity index (χ0n) is 15.7. The fourth-order valence-corrected chi connectivity index (χ4v) is 4.77. The van der Waals surface area contributed by atoms with Crippen molar-refractivity contribution < 1.29 is 4.79 Å². The van der Waals surface area contributed by atoms with E-state index in [2.05, 4.69) is 14.9 Å². The molecule has 4 heterocycles. The second-order valence-corrected chi connectivity index (χ2v) is 8.15.